The van der Waals surface area contributed by atoms with Crippen molar-refractivity contribution >= 4 is 16.6 Å². The first-order valence-corrected chi connectivity index (χ1v) is 5.67. The summed E-state index contributed by atoms with van der Waals surface area (Å²) >= 11 is 0. The van der Waals surface area contributed by atoms with Gasteiger partial charge in [0.15, 0.2) is 0 Å². The number of hydrogen-bond acceptors (Lipinski definition) is 2. The minimum Gasteiger partial charge on any atom is -0.361 e. The number of hydrogen-bond donors (Lipinski definition) is 1. The monoisotopic (exact) mass is 256 g/mol. The number of rotatable bonds is 2. The lowest BCUT2D eigenvalue weighted by Crippen LogP contribution is -1.91. The van der Waals surface area contributed by atoms with Gasteiger partial charge in [-0.1, -0.05) is 18.2 Å². The van der Waals surface area contributed by atoms with Gasteiger partial charge in [-0.15, -0.1) is 0 Å². The Morgan fingerprint density at radius 2 is 1.89 bits per heavy atom. The number of aromatic amines is 1. The summed E-state index contributed by atoms with van der Waals surface area (Å²) in [4.78, 5) is 13.5. The Balaban J connectivity index is 2.36. The molecule has 3 rings (SSSR count). The third-order valence-electron chi connectivity index (χ3n) is 3.02. The summed E-state index contributed by atoms with van der Waals surface area (Å²) in [6, 6.07) is 10.8. The van der Waals surface area contributed by atoms with Crippen LogP contribution in [-0.2, 0) is 0 Å². The summed E-state index contributed by atoms with van der Waals surface area (Å²) in [5.74, 6) is -0.404. The molecule has 0 atom stereocenters. The van der Waals surface area contributed by atoms with E-state index in [1.165, 1.54) is 18.2 Å². The zero-order valence-corrected chi connectivity index (χ0v) is 9.76. The number of nitro benzene ring substituents is 1. The molecular formula is C14H9FN2O2. The Morgan fingerprint density at radius 1 is 1.11 bits per heavy atom. The van der Waals surface area contributed by atoms with E-state index in [0.717, 1.165) is 0 Å². The number of aromatic nitrogens is 1. The van der Waals surface area contributed by atoms with E-state index < -0.39 is 10.7 Å². The zero-order chi connectivity index (χ0) is 13.4. The molecule has 0 saturated carbocycles. The third kappa shape index (κ3) is 1.85. The number of nitro groups is 1. The molecule has 1 heterocycles. The number of halogens is 1. The zero-order valence-electron chi connectivity index (χ0n) is 9.76. The van der Waals surface area contributed by atoms with Crippen molar-refractivity contribution in [2.75, 3.05) is 0 Å². The topological polar surface area (TPSA) is 58.9 Å². The molecule has 0 unspecified atom stereocenters. The van der Waals surface area contributed by atoms with E-state index in [2.05, 4.69) is 4.98 Å². The van der Waals surface area contributed by atoms with Crippen molar-refractivity contribution < 1.29 is 9.31 Å². The van der Waals surface area contributed by atoms with Gasteiger partial charge in [-0.05, 0) is 12.1 Å². The summed E-state index contributed by atoms with van der Waals surface area (Å²) in [5, 5.41) is 11.6. The first kappa shape index (κ1) is 11.4. The maximum absolute atomic E-state index is 13.9. The van der Waals surface area contributed by atoms with Crippen LogP contribution in [-0.4, -0.2) is 9.91 Å². The second-order valence-electron chi connectivity index (χ2n) is 4.17. The Bertz CT molecular complexity index is 780. The molecule has 94 valence electrons. The Kier molecular flexibility index (Phi) is 2.52. The highest BCUT2D eigenvalue weighted by atomic mass is 19.1. The van der Waals surface area contributed by atoms with E-state index in [0.29, 0.717) is 22.0 Å². The van der Waals surface area contributed by atoms with Crippen LogP contribution in [0.15, 0.2) is 48.7 Å². The number of H-pyrrole nitrogens is 1. The maximum atomic E-state index is 13.9. The number of nitrogens with zero attached hydrogens (tertiary/aromatic N) is 1. The lowest BCUT2D eigenvalue weighted by atomic mass is 10.0. The van der Waals surface area contributed by atoms with Gasteiger partial charge in [0.05, 0.1) is 10.4 Å². The van der Waals surface area contributed by atoms with Gasteiger partial charge >= 0.3 is 0 Å². The summed E-state index contributed by atoms with van der Waals surface area (Å²) in [6.45, 7) is 0. The van der Waals surface area contributed by atoms with Crippen molar-refractivity contribution in [1.29, 1.82) is 0 Å². The summed E-state index contributed by atoms with van der Waals surface area (Å²) in [6.07, 6.45) is 1.68. The highest BCUT2D eigenvalue weighted by Gasteiger charge is 2.15. The van der Waals surface area contributed by atoms with E-state index in [1.807, 2.05) is 0 Å². The molecule has 0 bridgehead atoms. The van der Waals surface area contributed by atoms with Gasteiger partial charge in [0.25, 0.3) is 5.69 Å². The van der Waals surface area contributed by atoms with Crippen LogP contribution in [0.5, 0.6) is 0 Å². The van der Waals surface area contributed by atoms with Gasteiger partial charge in [-0.2, -0.15) is 0 Å². The minimum absolute atomic E-state index is 0.0506. The predicted octanol–water partition coefficient (Wildman–Crippen LogP) is 3.88. The van der Waals surface area contributed by atoms with Crippen LogP contribution in [0.25, 0.3) is 22.0 Å². The quantitative estimate of drug-likeness (QED) is 0.558. The molecule has 1 aromatic heterocycles. The highest BCUT2D eigenvalue weighted by molar-refractivity contribution is 5.96. The molecule has 5 heteroatoms. The van der Waals surface area contributed by atoms with Crippen LogP contribution < -0.4 is 0 Å². The lowest BCUT2D eigenvalue weighted by Gasteiger charge is -2.05. The number of non-ortho nitro benzene ring substituents is 1. The molecule has 0 aliphatic carbocycles. The van der Waals surface area contributed by atoms with E-state index in [1.54, 1.807) is 30.5 Å². The first-order chi connectivity index (χ1) is 9.16. The first-order valence-electron chi connectivity index (χ1n) is 5.67. The molecule has 4 nitrogen and oxygen atoms in total. The van der Waals surface area contributed by atoms with E-state index in [9.17, 15) is 14.5 Å². The van der Waals surface area contributed by atoms with Crippen molar-refractivity contribution in [2.24, 2.45) is 0 Å². The lowest BCUT2D eigenvalue weighted by molar-refractivity contribution is -0.384. The molecule has 0 saturated heterocycles. The standard InChI is InChI=1S/C14H9FN2O2/c15-13-4-2-1-3-11(13)12-8-10(17(18)19)7-9-5-6-16-14(9)12/h1-8,16H. The molecule has 19 heavy (non-hydrogen) atoms. The fourth-order valence-corrected chi connectivity index (χ4v) is 2.15. The summed E-state index contributed by atoms with van der Waals surface area (Å²) < 4.78 is 13.9. The maximum Gasteiger partial charge on any atom is 0.270 e. The number of benzene rings is 2. The minimum atomic E-state index is -0.475. The van der Waals surface area contributed by atoms with Crippen molar-refractivity contribution in [3.8, 4) is 11.1 Å². The summed E-state index contributed by atoms with van der Waals surface area (Å²) in [5.41, 5.74) is 1.48. The van der Waals surface area contributed by atoms with Crippen molar-refractivity contribution in [2.45, 2.75) is 0 Å². The van der Waals surface area contributed by atoms with Gasteiger partial charge < -0.3 is 4.98 Å². The third-order valence-corrected chi connectivity index (χ3v) is 3.02. The van der Waals surface area contributed by atoms with Crippen LogP contribution in [0.4, 0.5) is 10.1 Å². The van der Waals surface area contributed by atoms with Gasteiger partial charge in [0.2, 0.25) is 0 Å². The molecule has 0 aliphatic heterocycles. The van der Waals surface area contributed by atoms with Crippen molar-refractivity contribution in [3.05, 3.63) is 64.6 Å². The van der Waals surface area contributed by atoms with Crippen molar-refractivity contribution in [1.82, 2.24) is 4.98 Å². The van der Waals surface area contributed by atoms with Crippen LogP contribution in [0.3, 0.4) is 0 Å². The average molecular weight is 256 g/mol. The smallest absolute Gasteiger partial charge is 0.270 e. The van der Waals surface area contributed by atoms with Crippen LogP contribution in [0.2, 0.25) is 0 Å². The molecule has 0 amide bonds. The normalized spacial score (nSPS) is 10.8. The molecule has 2 aromatic carbocycles. The van der Waals surface area contributed by atoms with E-state index >= 15 is 0 Å². The largest absolute Gasteiger partial charge is 0.361 e. The second kappa shape index (κ2) is 4.20. The van der Waals surface area contributed by atoms with Crippen LogP contribution in [0, 0.1) is 15.9 Å². The average Bonchev–Trinajstić information content (AvgIpc) is 2.86. The van der Waals surface area contributed by atoms with Gasteiger partial charge in [0, 0.05) is 34.8 Å². The van der Waals surface area contributed by atoms with E-state index in [-0.39, 0.29) is 5.69 Å². The predicted molar refractivity (Wildman–Crippen MR) is 70.3 cm³/mol. The Morgan fingerprint density at radius 3 is 2.63 bits per heavy atom. The summed E-state index contributed by atoms with van der Waals surface area (Å²) in [7, 11) is 0. The molecule has 0 radical (unpaired) electrons. The van der Waals surface area contributed by atoms with Crippen molar-refractivity contribution in [3.63, 3.8) is 0 Å². The Labute approximate surface area is 107 Å². The van der Waals surface area contributed by atoms with Crippen LogP contribution in [0.1, 0.15) is 0 Å². The molecule has 3 aromatic rings. The fourth-order valence-electron chi connectivity index (χ4n) is 2.15. The SMILES string of the molecule is O=[N+]([O-])c1cc(-c2ccccc2F)c2[nH]ccc2c1. The molecule has 0 spiro atoms. The fraction of sp³-hybridized carbons (Fsp3) is 0. The van der Waals surface area contributed by atoms with Gasteiger partial charge in [0.1, 0.15) is 5.82 Å². The molecule has 0 aliphatic rings. The number of nitrogens with one attached hydrogen (secondary N) is 1. The molecule has 0 fully saturated rings. The van der Waals surface area contributed by atoms with Gasteiger partial charge in [-0.25, -0.2) is 4.39 Å². The Hall–Kier alpha value is -2.69. The molecule has 1 N–H and O–H groups in total. The molecular weight excluding hydrogens is 247 g/mol. The van der Waals surface area contributed by atoms with Gasteiger partial charge in [-0.3, -0.25) is 10.1 Å². The second-order valence-corrected chi connectivity index (χ2v) is 4.17. The van der Waals surface area contributed by atoms with Crippen LogP contribution >= 0.6 is 0 Å². The van der Waals surface area contributed by atoms with E-state index in [4.69, 9.17) is 0 Å². The highest BCUT2D eigenvalue weighted by Crippen LogP contribution is 2.33. The number of fused-ring (bicyclic) bond motifs is 1.